The van der Waals surface area contributed by atoms with Crippen molar-refractivity contribution >= 4 is 35.8 Å². The lowest BCUT2D eigenvalue weighted by Crippen LogP contribution is -2.51. The second-order valence-electron chi connectivity index (χ2n) is 9.88. The van der Waals surface area contributed by atoms with Gasteiger partial charge in [0.1, 0.15) is 23.3 Å². The van der Waals surface area contributed by atoms with Gasteiger partial charge in [-0.1, -0.05) is 26.0 Å². The molecule has 3 N–H and O–H groups in total. The first-order valence-corrected chi connectivity index (χ1v) is 12.5. The Labute approximate surface area is 227 Å². The number of nitrogen functional groups attached to an aromatic ring is 1. The van der Waals surface area contributed by atoms with E-state index in [9.17, 15) is 13.9 Å². The summed E-state index contributed by atoms with van der Waals surface area (Å²) in [6.45, 7) is 8.99. The van der Waals surface area contributed by atoms with Crippen LogP contribution >= 0.6 is 12.4 Å². The third-order valence-electron chi connectivity index (χ3n) is 6.73. The molecule has 5 rings (SSSR count). The highest BCUT2D eigenvalue weighted by Crippen LogP contribution is 2.26. The predicted molar refractivity (Wildman–Crippen MR) is 147 cm³/mol. The van der Waals surface area contributed by atoms with Crippen LogP contribution in [0.4, 0.5) is 26.1 Å². The summed E-state index contributed by atoms with van der Waals surface area (Å²) in [5.41, 5.74) is 8.61. The number of nitrogens with two attached hydrogens (primary N) is 1. The number of piperazine rings is 1. The third-order valence-corrected chi connectivity index (χ3v) is 6.73. The highest BCUT2D eigenvalue weighted by atomic mass is 35.5. The molecule has 2 fully saturated rings. The minimum Gasteiger partial charge on any atom is -0.389 e. The normalized spacial score (nSPS) is 16.8. The zero-order valence-electron chi connectivity index (χ0n) is 21.5. The Kier molecular flexibility index (Phi) is 8.49. The summed E-state index contributed by atoms with van der Waals surface area (Å²) in [5.74, 6) is 0.488. The molecule has 2 saturated heterocycles. The van der Waals surface area contributed by atoms with E-state index in [1.807, 2.05) is 16.0 Å². The first kappa shape index (κ1) is 27.7. The molecule has 204 valence electrons. The number of β-amino-alcohol motifs (C(OH)–C–C–N with tert-alkyl or cyclic N) is 1. The molecule has 4 heterocycles. The van der Waals surface area contributed by atoms with Crippen molar-refractivity contribution in [2.75, 3.05) is 61.3 Å². The number of benzene rings is 1. The van der Waals surface area contributed by atoms with Crippen molar-refractivity contribution in [1.82, 2.24) is 24.6 Å². The number of aliphatic hydroxyl groups excluding tert-OH is 1. The lowest BCUT2D eigenvalue weighted by Gasteiger charge is -2.36. The Morgan fingerprint density at radius 2 is 1.71 bits per heavy atom. The van der Waals surface area contributed by atoms with Gasteiger partial charge in [0.05, 0.1) is 18.0 Å². The van der Waals surface area contributed by atoms with E-state index in [4.69, 9.17) is 5.73 Å². The lowest BCUT2D eigenvalue weighted by molar-refractivity contribution is 0.141. The van der Waals surface area contributed by atoms with Crippen molar-refractivity contribution < 1.29 is 13.9 Å². The van der Waals surface area contributed by atoms with Crippen LogP contribution in [0.25, 0.3) is 12.0 Å². The SMILES string of the molecule is CC(C)c1c(C=CCN2CCN(c3cc(F)cc(F)c3)CC2)cnn1-c1nc(N)cc(N2CC(O)C2)n1.Cl. The van der Waals surface area contributed by atoms with E-state index in [2.05, 4.69) is 46.0 Å². The zero-order valence-corrected chi connectivity index (χ0v) is 22.3. The van der Waals surface area contributed by atoms with Gasteiger partial charge in [-0.05, 0) is 18.1 Å². The van der Waals surface area contributed by atoms with Gasteiger partial charge >= 0.3 is 0 Å². The van der Waals surface area contributed by atoms with Crippen LogP contribution in [-0.4, -0.2) is 81.7 Å². The average molecular weight is 547 g/mol. The van der Waals surface area contributed by atoms with E-state index >= 15 is 0 Å². The van der Waals surface area contributed by atoms with Crippen LogP contribution in [0.15, 0.2) is 36.5 Å². The van der Waals surface area contributed by atoms with E-state index in [1.54, 1.807) is 10.7 Å². The van der Waals surface area contributed by atoms with Crippen LogP contribution in [-0.2, 0) is 0 Å². The van der Waals surface area contributed by atoms with Gasteiger partial charge in [0.2, 0.25) is 0 Å². The van der Waals surface area contributed by atoms with E-state index in [0.29, 0.717) is 49.5 Å². The van der Waals surface area contributed by atoms with Gasteiger partial charge in [0.15, 0.2) is 0 Å². The molecule has 0 atom stereocenters. The Morgan fingerprint density at radius 3 is 2.34 bits per heavy atom. The van der Waals surface area contributed by atoms with Crippen LogP contribution in [0.3, 0.4) is 0 Å². The van der Waals surface area contributed by atoms with E-state index in [0.717, 1.165) is 37.0 Å². The maximum absolute atomic E-state index is 13.6. The number of anilines is 3. The van der Waals surface area contributed by atoms with Crippen molar-refractivity contribution in [2.45, 2.75) is 25.9 Å². The monoisotopic (exact) mass is 546 g/mol. The van der Waals surface area contributed by atoms with Gasteiger partial charge in [-0.25, -0.2) is 13.5 Å². The van der Waals surface area contributed by atoms with Crippen molar-refractivity contribution in [3.63, 3.8) is 0 Å². The summed E-state index contributed by atoms with van der Waals surface area (Å²) in [7, 11) is 0. The summed E-state index contributed by atoms with van der Waals surface area (Å²) >= 11 is 0. The van der Waals surface area contributed by atoms with Crippen molar-refractivity contribution in [3.8, 4) is 5.95 Å². The molecule has 12 heteroatoms. The first-order valence-electron chi connectivity index (χ1n) is 12.5. The van der Waals surface area contributed by atoms with Gasteiger partial charge in [-0.2, -0.15) is 15.1 Å². The zero-order chi connectivity index (χ0) is 26.1. The van der Waals surface area contributed by atoms with Crippen LogP contribution in [0.2, 0.25) is 0 Å². The van der Waals surface area contributed by atoms with Crippen LogP contribution in [0.5, 0.6) is 0 Å². The number of aromatic nitrogens is 4. The Morgan fingerprint density at radius 1 is 1.03 bits per heavy atom. The largest absolute Gasteiger partial charge is 0.389 e. The van der Waals surface area contributed by atoms with Crippen LogP contribution in [0.1, 0.15) is 31.0 Å². The molecular formula is C26H33ClF2N8O. The number of halogens is 3. The van der Waals surface area contributed by atoms with Crippen molar-refractivity contribution in [3.05, 3.63) is 59.4 Å². The summed E-state index contributed by atoms with van der Waals surface area (Å²) in [6.07, 6.45) is 5.63. The standard InChI is InChI=1S/C26H32F2N8O.ClH/c1-17(2)25-18(14-30-36(25)26-31-23(29)13-24(32-26)35-15-22(37)16-35)4-3-5-33-6-8-34(9-7-33)21-11-19(27)10-20(28)12-21;/h3-4,10-14,17,22,37H,5-9,15-16H2,1-2H3,(H2,29,31,32);1H. The average Bonchev–Trinajstić information content (AvgIpc) is 3.26. The van der Waals surface area contributed by atoms with E-state index in [1.165, 1.54) is 12.1 Å². The fourth-order valence-electron chi connectivity index (χ4n) is 4.81. The second kappa shape index (κ2) is 11.6. The fraction of sp³-hybridized carbons (Fsp3) is 0.423. The van der Waals surface area contributed by atoms with Crippen LogP contribution < -0.4 is 15.5 Å². The molecule has 1 aromatic carbocycles. The minimum absolute atomic E-state index is 0. The van der Waals surface area contributed by atoms with Crippen molar-refractivity contribution in [2.24, 2.45) is 0 Å². The highest BCUT2D eigenvalue weighted by molar-refractivity contribution is 5.85. The van der Waals surface area contributed by atoms with Gasteiger partial charge in [-0.3, -0.25) is 4.90 Å². The third kappa shape index (κ3) is 6.06. The number of hydrogen-bond donors (Lipinski definition) is 2. The fourth-order valence-corrected chi connectivity index (χ4v) is 4.81. The molecule has 2 aliphatic heterocycles. The molecule has 0 unspecified atom stereocenters. The number of nitrogens with zero attached hydrogens (tertiary/aromatic N) is 7. The van der Waals surface area contributed by atoms with Gasteiger partial charge in [0.25, 0.3) is 5.95 Å². The number of hydrogen-bond acceptors (Lipinski definition) is 8. The Bertz CT molecular complexity index is 1270. The molecule has 0 spiro atoms. The summed E-state index contributed by atoms with van der Waals surface area (Å²) in [6, 6.07) is 5.36. The predicted octanol–water partition coefficient (Wildman–Crippen LogP) is 3.08. The Hall–Kier alpha value is -3.28. The van der Waals surface area contributed by atoms with Crippen LogP contribution in [0, 0.1) is 11.6 Å². The molecule has 2 aliphatic rings. The molecule has 0 bridgehead atoms. The lowest BCUT2D eigenvalue weighted by atomic mass is 10.1. The topological polar surface area (TPSA) is 99.6 Å². The summed E-state index contributed by atoms with van der Waals surface area (Å²) < 4.78 is 28.9. The van der Waals surface area contributed by atoms with E-state index < -0.39 is 11.6 Å². The maximum Gasteiger partial charge on any atom is 0.254 e. The summed E-state index contributed by atoms with van der Waals surface area (Å²) in [5, 5.41) is 14.2. The summed E-state index contributed by atoms with van der Waals surface area (Å²) in [4.78, 5) is 15.3. The second-order valence-corrected chi connectivity index (χ2v) is 9.88. The smallest absolute Gasteiger partial charge is 0.254 e. The molecule has 0 amide bonds. The van der Waals surface area contributed by atoms with Gasteiger partial charge in [-0.15, -0.1) is 12.4 Å². The molecule has 0 radical (unpaired) electrons. The molecule has 2 aromatic heterocycles. The maximum atomic E-state index is 13.6. The number of rotatable bonds is 7. The van der Waals surface area contributed by atoms with E-state index in [-0.39, 0.29) is 24.4 Å². The molecule has 0 saturated carbocycles. The molecule has 3 aromatic rings. The molecule has 38 heavy (non-hydrogen) atoms. The quantitative estimate of drug-likeness (QED) is 0.466. The molecule has 0 aliphatic carbocycles. The first-order chi connectivity index (χ1) is 17.8. The van der Waals surface area contributed by atoms with Gasteiger partial charge < -0.3 is 20.6 Å². The number of aliphatic hydroxyl groups is 1. The van der Waals surface area contributed by atoms with Gasteiger partial charge in [0, 0.05) is 69.2 Å². The highest BCUT2D eigenvalue weighted by Gasteiger charge is 2.27. The van der Waals surface area contributed by atoms with Crippen molar-refractivity contribution in [1.29, 1.82) is 0 Å². The minimum atomic E-state index is -0.555. The molecule has 9 nitrogen and oxygen atoms in total. The Balaban J connectivity index is 0.00000336. The molecular weight excluding hydrogens is 514 g/mol.